The molecule has 16 heavy (non-hydrogen) atoms. The molecular weight excluding hydrogens is 202 g/mol. The highest BCUT2D eigenvalue weighted by Crippen LogP contribution is 2.06. The quantitative estimate of drug-likeness (QED) is 0.722. The molecule has 0 radical (unpaired) electrons. The minimum absolute atomic E-state index is 0.196. The highest BCUT2D eigenvalue weighted by atomic mass is 16.5. The lowest BCUT2D eigenvalue weighted by atomic mass is 10.1. The number of hydrogen-bond acceptors (Lipinski definition) is 3. The van der Waals surface area contributed by atoms with Crippen molar-refractivity contribution in [2.24, 2.45) is 0 Å². The predicted molar refractivity (Wildman–Crippen MR) is 62.8 cm³/mol. The van der Waals surface area contributed by atoms with E-state index in [0.717, 1.165) is 31.9 Å². The number of benzene rings is 1. The smallest absolute Gasteiger partial charge is 0.176 e. The summed E-state index contributed by atoms with van der Waals surface area (Å²) < 4.78 is 5.25. The van der Waals surface area contributed by atoms with E-state index >= 15 is 0 Å². The van der Waals surface area contributed by atoms with E-state index in [-0.39, 0.29) is 5.78 Å². The van der Waals surface area contributed by atoms with Gasteiger partial charge < -0.3 is 4.74 Å². The van der Waals surface area contributed by atoms with Crippen molar-refractivity contribution in [1.82, 2.24) is 4.90 Å². The van der Waals surface area contributed by atoms with Crippen molar-refractivity contribution in [2.45, 2.75) is 6.92 Å². The van der Waals surface area contributed by atoms with E-state index in [1.165, 1.54) is 5.56 Å². The first-order valence-corrected chi connectivity index (χ1v) is 5.66. The maximum atomic E-state index is 11.9. The lowest BCUT2D eigenvalue weighted by molar-refractivity contribution is 0.0371. The molecule has 1 aliphatic heterocycles. The van der Waals surface area contributed by atoms with Crippen LogP contribution in [0.25, 0.3) is 0 Å². The molecule has 3 heteroatoms. The highest BCUT2D eigenvalue weighted by molar-refractivity contribution is 5.97. The second-order valence-corrected chi connectivity index (χ2v) is 4.18. The van der Waals surface area contributed by atoms with Crippen molar-refractivity contribution < 1.29 is 9.53 Å². The molecular formula is C13H17NO2. The van der Waals surface area contributed by atoms with Crippen LogP contribution in [-0.4, -0.2) is 43.5 Å². The third kappa shape index (κ3) is 2.90. The first-order valence-electron chi connectivity index (χ1n) is 5.66. The van der Waals surface area contributed by atoms with Crippen molar-refractivity contribution in [3.05, 3.63) is 35.4 Å². The van der Waals surface area contributed by atoms with Gasteiger partial charge in [0.2, 0.25) is 0 Å². The Morgan fingerprint density at radius 3 is 2.50 bits per heavy atom. The fourth-order valence-corrected chi connectivity index (χ4v) is 1.79. The number of hydrogen-bond donors (Lipinski definition) is 0. The summed E-state index contributed by atoms with van der Waals surface area (Å²) in [5.74, 6) is 0.196. The Morgan fingerprint density at radius 1 is 1.25 bits per heavy atom. The Morgan fingerprint density at radius 2 is 1.88 bits per heavy atom. The fourth-order valence-electron chi connectivity index (χ4n) is 1.79. The molecule has 0 spiro atoms. The molecule has 0 N–H and O–H groups in total. The molecule has 1 aromatic rings. The van der Waals surface area contributed by atoms with Crippen LogP contribution in [0.2, 0.25) is 0 Å². The number of carbonyl (C=O) groups excluding carboxylic acids is 1. The summed E-state index contributed by atoms with van der Waals surface area (Å²) in [6, 6.07) is 7.76. The zero-order valence-corrected chi connectivity index (χ0v) is 9.61. The normalized spacial score (nSPS) is 17.3. The number of nitrogens with zero attached hydrogens (tertiary/aromatic N) is 1. The van der Waals surface area contributed by atoms with Crippen LogP contribution >= 0.6 is 0 Å². The Balaban J connectivity index is 1.94. The van der Waals surface area contributed by atoms with Crippen LogP contribution < -0.4 is 0 Å². The number of Topliss-reactive ketones (excluding diaryl/α,β-unsaturated/α-hetero) is 1. The maximum absolute atomic E-state index is 11.9. The molecule has 0 amide bonds. The summed E-state index contributed by atoms with van der Waals surface area (Å²) >= 11 is 0. The number of ether oxygens (including phenoxy) is 1. The maximum Gasteiger partial charge on any atom is 0.176 e. The van der Waals surface area contributed by atoms with Crippen LogP contribution in [0.15, 0.2) is 24.3 Å². The molecule has 0 aromatic heterocycles. The van der Waals surface area contributed by atoms with E-state index < -0.39 is 0 Å². The zero-order valence-electron chi connectivity index (χ0n) is 9.61. The highest BCUT2D eigenvalue weighted by Gasteiger charge is 2.14. The van der Waals surface area contributed by atoms with Gasteiger partial charge in [-0.25, -0.2) is 0 Å². The van der Waals surface area contributed by atoms with E-state index in [2.05, 4.69) is 4.90 Å². The molecule has 0 unspecified atom stereocenters. The first kappa shape index (κ1) is 11.3. The molecule has 2 rings (SSSR count). The number of ketones is 1. The summed E-state index contributed by atoms with van der Waals surface area (Å²) in [5, 5.41) is 0. The molecule has 1 aliphatic rings. The van der Waals surface area contributed by atoms with Gasteiger partial charge in [-0.15, -0.1) is 0 Å². The molecule has 1 saturated heterocycles. The van der Waals surface area contributed by atoms with E-state index in [4.69, 9.17) is 4.74 Å². The first-order chi connectivity index (χ1) is 7.75. The van der Waals surface area contributed by atoms with E-state index in [1.54, 1.807) is 0 Å². The van der Waals surface area contributed by atoms with Crippen LogP contribution in [0.4, 0.5) is 0 Å². The van der Waals surface area contributed by atoms with Crippen LogP contribution in [-0.2, 0) is 4.74 Å². The molecule has 0 atom stereocenters. The van der Waals surface area contributed by atoms with Gasteiger partial charge in [0.05, 0.1) is 19.8 Å². The van der Waals surface area contributed by atoms with Gasteiger partial charge in [0.1, 0.15) is 0 Å². The van der Waals surface area contributed by atoms with Crippen molar-refractivity contribution in [1.29, 1.82) is 0 Å². The largest absolute Gasteiger partial charge is 0.379 e. The molecule has 1 aromatic carbocycles. The summed E-state index contributed by atoms with van der Waals surface area (Å²) in [6.45, 7) is 5.72. The van der Waals surface area contributed by atoms with Gasteiger partial charge in [-0.1, -0.05) is 29.8 Å². The van der Waals surface area contributed by atoms with Crippen LogP contribution in [0.3, 0.4) is 0 Å². The van der Waals surface area contributed by atoms with E-state index in [9.17, 15) is 4.79 Å². The van der Waals surface area contributed by atoms with Crippen LogP contribution in [0.5, 0.6) is 0 Å². The summed E-state index contributed by atoms with van der Waals surface area (Å²) in [7, 11) is 0. The lowest BCUT2D eigenvalue weighted by Gasteiger charge is -2.25. The average molecular weight is 219 g/mol. The molecule has 1 heterocycles. The number of carbonyl (C=O) groups is 1. The van der Waals surface area contributed by atoms with Crippen molar-refractivity contribution >= 4 is 5.78 Å². The van der Waals surface area contributed by atoms with Gasteiger partial charge >= 0.3 is 0 Å². The molecule has 0 saturated carbocycles. The number of morpholine rings is 1. The lowest BCUT2D eigenvalue weighted by Crippen LogP contribution is -2.39. The second-order valence-electron chi connectivity index (χ2n) is 4.18. The third-order valence-corrected chi connectivity index (χ3v) is 2.84. The Kier molecular flexibility index (Phi) is 3.70. The van der Waals surface area contributed by atoms with E-state index in [1.807, 2.05) is 31.2 Å². The summed E-state index contributed by atoms with van der Waals surface area (Å²) in [4.78, 5) is 14.1. The molecule has 1 fully saturated rings. The zero-order chi connectivity index (χ0) is 11.4. The average Bonchev–Trinajstić information content (AvgIpc) is 2.31. The monoisotopic (exact) mass is 219 g/mol. The Hall–Kier alpha value is -1.19. The summed E-state index contributed by atoms with van der Waals surface area (Å²) in [5.41, 5.74) is 1.99. The van der Waals surface area contributed by atoms with Crippen molar-refractivity contribution in [2.75, 3.05) is 32.8 Å². The van der Waals surface area contributed by atoms with Crippen LogP contribution in [0.1, 0.15) is 15.9 Å². The predicted octanol–water partition coefficient (Wildman–Crippen LogP) is 1.51. The third-order valence-electron chi connectivity index (χ3n) is 2.84. The van der Waals surface area contributed by atoms with Gasteiger partial charge in [0.15, 0.2) is 5.78 Å². The standard InChI is InChI=1S/C13H17NO2/c1-11-2-4-12(5-3-11)13(15)10-14-6-8-16-9-7-14/h2-5H,6-10H2,1H3. The molecule has 0 bridgehead atoms. The summed E-state index contributed by atoms with van der Waals surface area (Å²) in [6.07, 6.45) is 0. The molecule has 0 aliphatic carbocycles. The number of aryl methyl sites for hydroxylation is 1. The van der Waals surface area contributed by atoms with Gasteiger partial charge in [0.25, 0.3) is 0 Å². The van der Waals surface area contributed by atoms with Gasteiger partial charge in [-0.05, 0) is 6.92 Å². The SMILES string of the molecule is Cc1ccc(C(=O)CN2CCOCC2)cc1. The minimum atomic E-state index is 0.196. The Labute approximate surface area is 96.0 Å². The molecule has 86 valence electrons. The van der Waals surface area contributed by atoms with Crippen LogP contribution in [0, 0.1) is 6.92 Å². The van der Waals surface area contributed by atoms with Crippen molar-refractivity contribution in [3.63, 3.8) is 0 Å². The van der Waals surface area contributed by atoms with Gasteiger partial charge in [-0.2, -0.15) is 0 Å². The van der Waals surface area contributed by atoms with Gasteiger partial charge in [0, 0.05) is 18.7 Å². The fraction of sp³-hybridized carbons (Fsp3) is 0.462. The van der Waals surface area contributed by atoms with Crippen molar-refractivity contribution in [3.8, 4) is 0 Å². The number of rotatable bonds is 3. The minimum Gasteiger partial charge on any atom is -0.379 e. The molecule has 3 nitrogen and oxygen atoms in total. The van der Waals surface area contributed by atoms with Gasteiger partial charge in [-0.3, -0.25) is 9.69 Å². The topological polar surface area (TPSA) is 29.5 Å². The van der Waals surface area contributed by atoms with E-state index in [0.29, 0.717) is 6.54 Å². The Bertz CT molecular complexity index is 353. The second kappa shape index (κ2) is 5.23.